The van der Waals surface area contributed by atoms with Crippen molar-refractivity contribution in [3.05, 3.63) is 16.5 Å². The molecule has 3 N–H and O–H groups in total. The highest BCUT2D eigenvalue weighted by molar-refractivity contribution is 9.10. The summed E-state index contributed by atoms with van der Waals surface area (Å²) in [7, 11) is -2.51. The zero-order chi connectivity index (χ0) is 14.6. The quantitative estimate of drug-likeness (QED) is 0.667. The lowest BCUT2D eigenvalue weighted by atomic mass is 10.4. The van der Waals surface area contributed by atoms with E-state index in [9.17, 15) is 18.0 Å². The Bertz CT molecular complexity index is 594. The monoisotopic (exact) mass is 354 g/mol. The topological polar surface area (TPSA) is 126 Å². The first kappa shape index (κ1) is 15.7. The third-order valence-corrected chi connectivity index (χ3v) is 4.40. The number of amides is 1. The highest BCUT2D eigenvalue weighted by Gasteiger charge is 2.24. The van der Waals surface area contributed by atoms with Gasteiger partial charge in [-0.1, -0.05) is 0 Å². The SMILES string of the molecule is CNC(=O)CCNS(=O)(=O)c1cc(C(=O)O)oc1Br. The second-order valence-corrected chi connectivity index (χ2v) is 5.83. The molecule has 1 rings (SSSR count). The second-order valence-electron chi connectivity index (χ2n) is 3.37. The van der Waals surface area contributed by atoms with E-state index in [1.54, 1.807) is 0 Å². The molecule has 0 saturated heterocycles. The summed E-state index contributed by atoms with van der Waals surface area (Å²) in [6.07, 6.45) is -0.0308. The predicted molar refractivity (Wildman–Crippen MR) is 67.2 cm³/mol. The molecule has 0 bridgehead atoms. The zero-order valence-electron chi connectivity index (χ0n) is 9.77. The van der Waals surface area contributed by atoms with Gasteiger partial charge < -0.3 is 14.8 Å². The standard InChI is InChI=1S/C9H11BrN2O6S/c1-11-7(13)2-3-12-19(16,17)6-4-5(9(14)15)18-8(6)10/h4,12H,2-3H2,1H3,(H,11,13)(H,14,15). The third kappa shape index (κ3) is 4.04. The first-order chi connectivity index (χ1) is 8.77. The van der Waals surface area contributed by atoms with E-state index in [0.717, 1.165) is 6.07 Å². The summed E-state index contributed by atoms with van der Waals surface area (Å²) < 4.78 is 30.3. The molecule has 1 heterocycles. The Labute approximate surface area is 117 Å². The van der Waals surface area contributed by atoms with Crippen LogP contribution in [0, 0.1) is 0 Å². The molecule has 0 saturated carbocycles. The van der Waals surface area contributed by atoms with Crippen LogP contribution < -0.4 is 10.0 Å². The maximum Gasteiger partial charge on any atom is 0.371 e. The molecular weight excluding hydrogens is 344 g/mol. The van der Waals surface area contributed by atoms with E-state index in [4.69, 9.17) is 9.52 Å². The average molecular weight is 355 g/mol. The van der Waals surface area contributed by atoms with Gasteiger partial charge in [-0.2, -0.15) is 0 Å². The van der Waals surface area contributed by atoms with Gasteiger partial charge in [0.25, 0.3) is 0 Å². The molecular formula is C9H11BrN2O6S. The molecule has 0 unspecified atom stereocenters. The smallest absolute Gasteiger partial charge is 0.371 e. The number of carboxylic acid groups (broad SMARTS) is 1. The van der Waals surface area contributed by atoms with Gasteiger partial charge in [-0.3, -0.25) is 4.79 Å². The van der Waals surface area contributed by atoms with Gasteiger partial charge >= 0.3 is 5.97 Å². The van der Waals surface area contributed by atoms with Gasteiger partial charge in [0.15, 0.2) is 4.67 Å². The summed E-state index contributed by atoms with van der Waals surface area (Å²) >= 11 is 2.83. The van der Waals surface area contributed by atoms with Crippen LogP contribution in [0.4, 0.5) is 0 Å². The van der Waals surface area contributed by atoms with Crippen molar-refractivity contribution in [3.63, 3.8) is 0 Å². The van der Waals surface area contributed by atoms with Crippen molar-refractivity contribution in [2.75, 3.05) is 13.6 Å². The number of furan rings is 1. The fourth-order valence-corrected chi connectivity index (χ4v) is 3.11. The summed E-state index contributed by atoms with van der Waals surface area (Å²) in [4.78, 5) is 21.3. The number of halogens is 1. The van der Waals surface area contributed by atoms with E-state index in [-0.39, 0.29) is 28.4 Å². The largest absolute Gasteiger partial charge is 0.475 e. The van der Waals surface area contributed by atoms with Gasteiger partial charge in [0.1, 0.15) is 4.90 Å². The average Bonchev–Trinajstić information content (AvgIpc) is 2.71. The number of hydrogen-bond donors (Lipinski definition) is 3. The third-order valence-electron chi connectivity index (χ3n) is 2.08. The van der Waals surface area contributed by atoms with Crippen molar-refractivity contribution in [1.82, 2.24) is 10.0 Å². The van der Waals surface area contributed by atoms with E-state index < -0.39 is 21.8 Å². The van der Waals surface area contributed by atoms with Crippen molar-refractivity contribution in [1.29, 1.82) is 0 Å². The number of sulfonamides is 1. The van der Waals surface area contributed by atoms with E-state index in [1.807, 2.05) is 0 Å². The number of nitrogens with one attached hydrogen (secondary N) is 2. The van der Waals surface area contributed by atoms with Crippen LogP contribution in [-0.4, -0.2) is 39.0 Å². The molecule has 0 fully saturated rings. The first-order valence-corrected chi connectivity index (χ1v) is 7.28. The summed E-state index contributed by atoms with van der Waals surface area (Å²) in [5, 5.41) is 11.0. The molecule has 1 aromatic heterocycles. The molecule has 0 aromatic carbocycles. The van der Waals surface area contributed by atoms with Crippen LogP contribution in [0.25, 0.3) is 0 Å². The Morgan fingerprint density at radius 3 is 2.58 bits per heavy atom. The Hall–Kier alpha value is -1.39. The maximum absolute atomic E-state index is 11.8. The van der Waals surface area contributed by atoms with E-state index in [0.29, 0.717) is 0 Å². The maximum atomic E-state index is 11.8. The number of carbonyl (C=O) groups is 2. The Morgan fingerprint density at radius 1 is 1.47 bits per heavy atom. The summed E-state index contributed by atoms with van der Waals surface area (Å²) in [5.41, 5.74) is 0. The molecule has 0 aliphatic heterocycles. The van der Waals surface area contributed by atoms with E-state index in [1.165, 1.54) is 7.05 Å². The fraction of sp³-hybridized carbons (Fsp3) is 0.333. The highest BCUT2D eigenvalue weighted by Crippen LogP contribution is 2.25. The van der Waals surface area contributed by atoms with Crippen molar-refractivity contribution in [2.45, 2.75) is 11.3 Å². The van der Waals surface area contributed by atoms with Gasteiger partial charge in [-0.05, 0) is 15.9 Å². The summed E-state index contributed by atoms with van der Waals surface area (Å²) in [5.74, 6) is -2.20. The molecule has 0 radical (unpaired) electrons. The van der Waals surface area contributed by atoms with Gasteiger partial charge in [0.2, 0.25) is 21.7 Å². The van der Waals surface area contributed by atoms with Crippen LogP contribution in [-0.2, 0) is 14.8 Å². The number of carboxylic acids is 1. The van der Waals surface area contributed by atoms with Crippen LogP contribution in [0.5, 0.6) is 0 Å². The van der Waals surface area contributed by atoms with Crippen molar-refractivity contribution >= 4 is 37.8 Å². The highest BCUT2D eigenvalue weighted by atomic mass is 79.9. The number of rotatable bonds is 6. The predicted octanol–water partition coefficient (Wildman–Crippen LogP) is 0.155. The van der Waals surface area contributed by atoms with Crippen molar-refractivity contribution in [2.24, 2.45) is 0 Å². The molecule has 106 valence electrons. The Morgan fingerprint density at radius 2 is 2.11 bits per heavy atom. The lowest BCUT2D eigenvalue weighted by Gasteiger charge is -2.04. The lowest BCUT2D eigenvalue weighted by Crippen LogP contribution is -2.29. The molecule has 10 heteroatoms. The van der Waals surface area contributed by atoms with Crippen molar-refractivity contribution in [3.8, 4) is 0 Å². The normalized spacial score (nSPS) is 11.3. The Balaban J connectivity index is 2.83. The molecule has 8 nitrogen and oxygen atoms in total. The molecule has 0 spiro atoms. The van der Waals surface area contributed by atoms with E-state index in [2.05, 4.69) is 26.0 Å². The molecule has 1 aromatic rings. The summed E-state index contributed by atoms with van der Waals surface area (Å²) in [6, 6.07) is 0.884. The van der Waals surface area contributed by atoms with Gasteiger partial charge in [-0.15, -0.1) is 0 Å². The zero-order valence-corrected chi connectivity index (χ0v) is 12.2. The van der Waals surface area contributed by atoms with Crippen LogP contribution in [0.1, 0.15) is 17.0 Å². The minimum Gasteiger partial charge on any atom is -0.475 e. The van der Waals surface area contributed by atoms with E-state index >= 15 is 0 Å². The second kappa shape index (κ2) is 6.17. The fourth-order valence-electron chi connectivity index (χ4n) is 1.14. The minimum absolute atomic E-state index is 0.0308. The van der Waals surface area contributed by atoms with Gasteiger partial charge in [0, 0.05) is 26.1 Å². The number of carbonyl (C=O) groups excluding carboxylic acids is 1. The first-order valence-electron chi connectivity index (χ1n) is 5.01. The van der Waals surface area contributed by atoms with Crippen LogP contribution >= 0.6 is 15.9 Å². The van der Waals surface area contributed by atoms with Crippen LogP contribution in [0.3, 0.4) is 0 Å². The van der Waals surface area contributed by atoms with Crippen molar-refractivity contribution < 1.29 is 27.5 Å². The minimum atomic E-state index is -3.94. The van der Waals surface area contributed by atoms with Gasteiger partial charge in [-0.25, -0.2) is 17.9 Å². The van der Waals surface area contributed by atoms with Gasteiger partial charge in [0.05, 0.1) is 0 Å². The molecule has 0 aliphatic rings. The Kier molecular flexibility index (Phi) is 5.09. The molecule has 19 heavy (non-hydrogen) atoms. The molecule has 0 aliphatic carbocycles. The van der Waals surface area contributed by atoms with Crippen LogP contribution in [0.15, 0.2) is 20.0 Å². The lowest BCUT2D eigenvalue weighted by molar-refractivity contribution is -0.120. The summed E-state index contributed by atoms with van der Waals surface area (Å²) in [6.45, 7) is -0.109. The number of aromatic carboxylic acids is 1. The van der Waals surface area contributed by atoms with Crippen LogP contribution in [0.2, 0.25) is 0 Å². The molecule has 1 amide bonds. The number of hydrogen-bond acceptors (Lipinski definition) is 5. The molecule has 0 atom stereocenters.